The number of carbonyl (C=O) groups is 1. The zero-order valence-electron chi connectivity index (χ0n) is 13.2. The van der Waals surface area contributed by atoms with Crippen LogP contribution in [0, 0.1) is 0 Å². The van der Waals surface area contributed by atoms with Crippen molar-refractivity contribution < 1.29 is 44.3 Å². The Morgan fingerprint density at radius 2 is 1.32 bits per heavy atom. The van der Waals surface area contributed by atoms with Gasteiger partial charge in [-0.05, 0) is 39.0 Å². The van der Waals surface area contributed by atoms with Crippen molar-refractivity contribution in [1.29, 1.82) is 0 Å². The Balaban J connectivity index is 3.37. The summed E-state index contributed by atoms with van der Waals surface area (Å²) in [6, 6.07) is -0.101. The summed E-state index contributed by atoms with van der Waals surface area (Å²) in [5, 5.41) is 0. The fraction of sp³-hybridized carbons (Fsp3) is 0.500. The van der Waals surface area contributed by atoms with Crippen LogP contribution in [-0.2, 0) is 31.7 Å². The minimum Gasteiger partial charge on any atom is -0.459 e. The maximum atomic E-state index is 12.8. The Kier molecular flexibility index (Phi) is 5.53. The summed E-state index contributed by atoms with van der Waals surface area (Å²) in [4.78, 5) is 10.3. The molecular weight excluding hydrogens is 378 g/mol. The van der Waals surface area contributed by atoms with Crippen molar-refractivity contribution in [2.45, 2.75) is 43.6 Å². The van der Waals surface area contributed by atoms with E-state index in [1.54, 1.807) is 0 Å². The summed E-state index contributed by atoms with van der Waals surface area (Å²) in [7, 11) is -4.77. The van der Waals surface area contributed by atoms with Crippen LogP contribution in [0.5, 0.6) is 0 Å². The number of rotatable bonds is 3. The molecule has 0 unspecified atom stereocenters. The molecule has 0 radical (unpaired) electrons. The molecule has 1 aromatic carbocycles. The molecule has 1 rings (SSSR count). The van der Waals surface area contributed by atoms with Gasteiger partial charge in [-0.15, -0.1) is 0 Å². The Morgan fingerprint density at radius 3 is 1.64 bits per heavy atom. The molecular formula is C14H14F6O4S. The minimum atomic E-state index is -5.20. The molecule has 0 N–H and O–H groups in total. The molecule has 0 saturated carbocycles. The number of hydrogen-bond acceptors (Lipinski definition) is 4. The van der Waals surface area contributed by atoms with E-state index in [1.165, 1.54) is 20.8 Å². The predicted molar refractivity (Wildman–Crippen MR) is 74.3 cm³/mol. The van der Waals surface area contributed by atoms with Crippen LogP contribution in [0.2, 0.25) is 0 Å². The second-order valence-corrected chi connectivity index (χ2v) is 8.08. The molecule has 0 spiro atoms. The van der Waals surface area contributed by atoms with E-state index in [0.717, 1.165) is 0 Å². The van der Waals surface area contributed by atoms with Gasteiger partial charge in [0.1, 0.15) is 5.60 Å². The summed E-state index contributed by atoms with van der Waals surface area (Å²) in [6.07, 6.45) is -10.4. The molecule has 4 nitrogen and oxygen atoms in total. The van der Waals surface area contributed by atoms with E-state index in [9.17, 15) is 39.6 Å². The van der Waals surface area contributed by atoms with Gasteiger partial charge in [0, 0.05) is 0 Å². The first-order valence-electron chi connectivity index (χ1n) is 6.66. The number of alkyl halides is 6. The quantitative estimate of drug-likeness (QED) is 0.579. The zero-order valence-corrected chi connectivity index (χ0v) is 14.1. The Morgan fingerprint density at radius 1 is 0.920 bits per heavy atom. The third-order valence-electron chi connectivity index (χ3n) is 2.65. The van der Waals surface area contributed by atoms with Crippen molar-refractivity contribution in [3.05, 3.63) is 29.3 Å². The van der Waals surface area contributed by atoms with E-state index in [2.05, 4.69) is 0 Å². The van der Waals surface area contributed by atoms with Gasteiger partial charge in [0.25, 0.3) is 0 Å². The standard InChI is InChI=1S/C14H14F6O4S/c1-12(2,3)24-11(21)7-25(22,23)10-5-8(13(15,16)17)4-9(6-10)14(18,19)20/h4-6H,7H2,1-3H3. The highest BCUT2D eigenvalue weighted by molar-refractivity contribution is 7.92. The molecule has 25 heavy (non-hydrogen) atoms. The van der Waals surface area contributed by atoms with Gasteiger partial charge in [-0.25, -0.2) is 8.42 Å². The summed E-state index contributed by atoms with van der Waals surface area (Å²) in [5.41, 5.74) is -4.65. The molecule has 0 bridgehead atoms. The zero-order chi connectivity index (χ0) is 19.8. The molecule has 0 aromatic heterocycles. The van der Waals surface area contributed by atoms with Gasteiger partial charge in [0.05, 0.1) is 16.0 Å². The first kappa shape index (κ1) is 21.3. The van der Waals surface area contributed by atoms with Crippen molar-refractivity contribution in [2.24, 2.45) is 0 Å². The van der Waals surface area contributed by atoms with Crippen LogP contribution in [-0.4, -0.2) is 25.7 Å². The summed E-state index contributed by atoms with van der Waals surface area (Å²) >= 11 is 0. The van der Waals surface area contributed by atoms with Gasteiger partial charge in [0.15, 0.2) is 15.6 Å². The Hall–Kier alpha value is -1.78. The van der Waals surface area contributed by atoms with Crippen molar-refractivity contribution in [1.82, 2.24) is 0 Å². The van der Waals surface area contributed by atoms with Gasteiger partial charge in [-0.2, -0.15) is 26.3 Å². The molecule has 0 aliphatic rings. The smallest absolute Gasteiger partial charge is 0.416 e. The number of esters is 1. The van der Waals surface area contributed by atoms with Gasteiger partial charge in [0.2, 0.25) is 0 Å². The summed E-state index contributed by atoms with van der Waals surface area (Å²) < 4.78 is 105. The molecule has 142 valence electrons. The Labute approximate surface area is 139 Å². The third kappa shape index (κ3) is 6.22. The Bertz CT molecular complexity index is 725. The molecule has 0 aliphatic heterocycles. The van der Waals surface area contributed by atoms with Gasteiger partial charge >= 0.3 is 18.3 Å². The van der Waals surface area contributed by atoms with E-state index < -0.39 is 55.5 Å². The average molecular weight is 392 g/mol. The van der Waals surface area contributed by atoms with Gasteiger partial charge < -0.3 is 4.74 Å². The molecule has 0 saturated heterocycles. The van der Waals surface area contributed by atoms with Gasteiger partial charge in [-0.3, -0.25) is 4.79 Å². The van der Waals surface area contributed by atoms with E-state index in [1.807, 2.05) is 0 Å². The van der Waals surface area contributed by atoms with Crippen molar-refractivity contribution in [3.63, 3.8) is 0 Å². The maximum absolute atomic E-state index is 12.8. The fourth-order valence-electron chi connectivity index (χ4n) is 1.72. The molecule has 0 aliphatic carbocycles. The largest absolute Gasteiger partial charge is 0.459 e. The molecule has 0 amide bonds. The van der Waals surface area contributed by atoms with Crippen molar-refractivity contribution in [2.75, 3.05) is 5.75 Å². The minimum absolute atomic E-state index is 0.0505. The SMILES string of the molecule is CC(C)(C)OC(=O)CS(=O)(=O)c1cc(C(F)(F)F)cc(C(F)(F)F)c1. The van der Waals surface area contributed by atoms with Crippen LogP contribution in [0.25, 0.3) is 0 Å². The average Bonchev–Trinajstić information content (AvgIpc) is 2.32. The van der Waals surface area contributed by atoms with Crippen LogP contribution in [0.3, 0.4) is 0 Å². The lowest BCUT2D eigenvalue weighted by molar-refractivity contribution is -0.151. The van der Waals surface area contributed by atoms with E-state index in [0.29, 0.717) is 0 Å². The maximum Gasteiger partial charge on any atom is 0.416 e. The van der Waals surface area contributed by atoms with Crippen LogP contribution >= 0.6 is 0 Å². The number of halogens is 6. The normalized spacial score (nSPS) is 13.6. The first-order chi connectivity index (χ1) is 10.9. The summed E-state index contributed by atoms with van der Waals surface area (Å²) in [6.45, 7) is 4.26. The van der Waals surface area contributed by atoms with E-state index in [4.69, 9.17) is 4.74 Å². The number of sulfone groups is 1. The van der Waals surface area contributed by atoms with Crippen molar-refractivity contribution >= 4 is 15.8 Å². The third-order valence-corrected chi connectivity index (χ3v) is 4.22. The lowest BCUT2D eigenvalue weighted by Gasteiger charge is -2.19. The second-order valence-electron chi connectivity index (χ2n) is 6.09. The van der Waals surface area contributed by atoms with E-state index in [-0.39, 0.29) is 18.2 Å². The second kappa shape index (κ2) is 6.50. The lowest BCUT2D eigenvalue weighted by atomic mass is 10.1. The molecule has 1 aromatic rings. The number of benzene rings is 1. The van der Waals surface area contributed by atoms with Crippen LogP contribution in [0.4, 0.5) is 26.3 Å². The number of carbonyl (C=O) groups excluding carboxylic acids is 1. The molecule has 11 heteroatoms. The van der Waals surface area contributed by atoms with Crippen LogP contribution in [0.1, 0.15) is 31.9 Å². The highest BCUT2D eigenvalue weighted by Gasteiger charge is 2.38. The molecule has 0 heterocycles. The number of ether oxygens (including phenoxy) is 1. The first-order valence-corrected chi connectivity index (χ1v) is 8.31. The summed E-state index contributed by atoms with van der Waals surface area (Å²) in [5.74, 6) is -2.68. The van der Waals surface area contributed by atoms with Gasteiger partial charge in [-0.1, -0.05) is 0 Å². The molecule has 0 atom stereocenters. The molecule has 0 fully saturated rings. The van der Waals surface area contributed by atoms with Crippen LogP contribution < -0.4 is 0 Å². The fourth-order valence-corrected chi connectivity index (χ4v) is 2.86. The topological polar surface area (TPSA) is 60.4 Å². The lowest BCUT2D eigenvalue weighted by Crippen LogP contribution is -2.28. The van der Waals surface area contributed by atoms with Crippen molar-refractivity contribution in [3.8, 4) is 0 Å². The number of hydrogen-bond donors (Lipinski definition) is 0. The predicted octanol–water partition coefficient (Wildman–Crippen LogP) is 3.84. The van der Waals surface area contributed by atoms with E-state index >= 15 is 0 Å². The monoisotopic (exact) mass is 392 g/mol. The highest BCUT2D eigenvalue weighted by Crippen LogP contribution is 2.37. The van der Waals surface area contributed by atoms with Crippen LogP contribution in [0.15, 0.2) is 23.1 Å². The highest BCUT2D eigenvalue weighted by atomic mass is 32.2.